The number of aryl methyl sites for hydroxylation is 1. The number of aromatic nitrogens is 1. The molecule has 0 bridgehead atoms. The fraction of sp³-hybridized carbons (Fsp3) is 0.270. The summed E-state index contributed by atoms with van der Waals surface area (Å²) in [7, 11) is 0. The molecule has 5 unspecified atom stereocenters. The lowest BCUT2D eigenvalue weighted by atomic mass is 9.61. The zero-order chi connectivity index (χ0) is 42.5. The molecule has 0 fully saturated rings. The Kier molecular flexibility index (Phi) is 9.11. The highest BCUT2D eigenvalue weighted by molar-refractivity contribution is 5.90. The second-order valence-electron chi connectivity index (χ2n) is 19.9. The normalized spacial score (nSPS) is 24.5. The Morgan fingerprint density at radius 2 is 1.33 bits per heavy atom. The molecule has 13 rings (SSSR count). The van der Waals surface area contributed by atoms with Gasteiger partial charge in [0.2, 0.25) is 0 Å². The molecule has 0 spiro atoms. The van der Waals surface area contributed by atoms with Gasteiger partial charge in [0.15, 0.2) is 0 Å². The van der Waals surface area contributed by atoms with Crippen LogP contribution in [0.3, 0.4) is 0 Å². The van der Waals surface area contributed by atoms with Gasteiger partial charge in [0.1, 0.15) is 0 Å². The van der Waals surface area contributed by atoms with E-state index in [1.165, 1.54) is 127 Å². The summed E-state index contributed by atoms with van der Waals surface area (Å²) in [5, 5.41) is 2.78. The van der Waals surface area contributed by atoms with Crippen molar-refractivity contribution in [2.75, 3.05) is 0 Å². The molecule has 314 valence electrons. The van der Waals surface area contributed by atoms with E-state index in [1.54, 1.807) is 22.3 Å². The summed E-state index contributed by atoms with van der Waals surface area (Å²) < 4.78 is 2.62. The van der Waals surface area contributed by atoms with Crippen LogP contribution in [0.2, 0.25) is 0 Å². The molecule has 0 radical (unpaired) electrons. The minimum absolute atomic E-state index is 0.377. The van der Waals surface area contributed by atoms with Crippen LogP contribution in [0.25, 0.3) is 57.3 Å². The average Bonchev–Trinajstić information content (AvgIpc) is 3.69. The van der Waals surface area contributed by atoms with Crippen molar-refractivity contribution in [1.82, 2.24) is 4.57 Å². The molecular formula is C63H57N. The van der Waals surface area contributed by atoms with E-state index in [2.05, 4.69) is 163 Å². The van der Waals surface area contributed by atoms with E-state index in [9.17, 15) is 0 Å². The van der Waals surface area contributed by atoms with Gasteiger partial charge in [-0.15, -0.1) is 0 Å². The van der Waals surface area contributed by atoms with Crippen molar-refractivity contribution in [2.24, 2.45) is 17.8 Å². The summed E-state index contributed by atoms with van der Waals surface area (Å²) in [4.78, 5) is 0. The van der Waals surface area contributed by atoms with Crippen molar-refractivity contribution in [1.29, 1.82) is 0 Å². The Balaban J connectivity index is 0.880. The molecule has 0 saturated carbocycles. The van der Waals surface area contributed by atoms with Crippen LogP contribution in [0.5, 0.6) is 0 Å². The summed E-state index contributed by atoms with van der Waals surface area (Å²) in [6, 6.07) is 32.9. The summed E-state index contributed by atoms with van der Waals surface area (Å²) in [6.45, 7) is 7.28. The number of nitrogens with zero attached hydrogens (tertiary/aromatic N) is 1. The summed E-state index contributed by atoms with van der Waals surface area (Å²) in [6.07, 6.45) is 39.4. The first-order valence-electron chi connectivity index (χ1n) is 24.5. The van der Waals surface area contributed by atoms with E-state index in [0.717, 1.165) is 32.1 Å². The van der Waals surface area contributed by atoms with Crippen molar-refractivity contribution in [3.8, 4) is 27.9 Å². The third-order valence-corrected chi connectivity index (χ3v) is 16.7. The number of hydrogen-bond donors (Lipinski definition) is 0. The van der Waals surface area contributed by atoms with E-state index in [4.69, 9.17) is 6.58 Å². The maximum Gasteiger partial charge on any atom is 0.0494 e. The molecule has 5 atom stereocenters. The van der Waals surface area contributed by atoms with Gasteiger partial charge in [-0.05, 0) is 180 Å². The Labute approximate surface area is 379 Å². The van der Waals surface area contributed by atoms with Gasteiger partial charge in [0.25, 0.3) is 0 Å². The molecule has 1 heterocycles. The van der Waals surface area contributed by atoms with Gasteiger partial charge >= 0.3 is 0 Å². The number of hydrogen-bond acceptors (Lipinski definition) is 0. The maximum atomic E-state index is 5.00. The van der Waals surface area contributed by atoms with Crippen LogP contribution >= 0.6 is 0 Å². The van der Waals surface area contributed by atoms with Crippen LogP contribution in [-0.2, 0) is 6.42 Å². The number of rotatable bonds is 5. The van der Waals surface area contributed by atoms with Gasteiger partial charge in [-0.25, -0.2) is 0 Å². The van der Waals surface area contributed by atoms with Crippen LogP contribution in [0, 0.1) is 24.7 Å². The predicted octanol–water partition coefficient (Wildman–Crippen LogP) is 14.6. The second kappa shape index (κ2) is 15.2. The number of benzene rings is 4. The average molecular weight is 828 g/mol. The molecule has 0 saturated heterocycles. The largest absolute Gasteiger partial charge is 0.313 e. The molecule has 1 nitrogen and oxygen atoms in total. The number of fused-ring (bicyclic) bond motifs is 13. The lowest BCUT2D eigenvalue weighted by Gasteiger charge is -2.43. The topological polar surface area (TPSA) is 4.93 Å². The quantitative estimate of drug-likeness (QED) is 0.166. The van der Waals surface area contributed by atoms with Crippen molar-refractivity contribution < 1.29 is 0 Å². The third kappa shape index (κ3) is 5.96. The molecule has 4 aromatic carbocycles. The molecule has 1 aromatic heterocycles. The Bertz CT molecular complexity index is 3190. The zero-order valence-electron chi connectivity index (χ0n) is 37.3. The van der Waals surface area contributed by atoms with E-state index in [-0.39, 0.29) is 0 Å². The summed E-state index contributed by atoms with van der Waals surface area (Å²) >= 11 is 0. The third-order valence-electron chi connectivity index (χ3n) is 16.7. The summed E-state index contributed by atoms with van der Waals surface area (Å²) in [5.41, 5.74) is 26.2. The monoisotopic (exact) mass is 827 g/mol. The first-order chi connectivity index (χ1) is 31.6. The van der Waals surface area contributed by atoms with Gasteiger partial charge in [-0.1, -0.05) is 145 Å². The SMILES string of the molecule is C=C(c1ccc(C2=Cc3c(n(-c4ccc5c(c4)-c4ccccc4C4C=CC=CC54)c4c3=CCCC=4)CC2)cc1-c1ccccc1C)C1CCC2=C(C1)C1=C(CCCC1)C1C=CC=CC21. The first kappa shape index (κ1) is 38.3. The lowest BCUT2D eigenvalue weighted by molar-refractivity contribution is 0.450. The van der Waals surface area contributed by atoms with Gasteiger partial charge < -0.3 is 4.57 Å². The van der Waals surface area contributed by atoms with Crippen LogP contribution < -0.4 is 10.6 Å². The van der Waals surface area contributed by atoms with E-state index in [1.807, 2.05) is 0 Å². The highest BCUT2D eigenvalue weighted by Gasteiger charge is 2.39. The zero-order valence-corrected chi connectivity index (χ0v) is 37.3. The van der Waals surface area contributed by atoms with Crippen LogP contribution in [0.1, 0.15) is 115 Å². The number of allylic oxidation sites excluding steroid dienone is 14. The lowest BCUT2D eigenvalue weighted by Crippen LogP contribution is -2.31. The molecular weight excluding hydrogens is 771 g/mol. The van der Waals surface area contributed by atoms with Crippen LogP contribution in [-0.4, -0.2) is 4.57 Å². The Morgan fingerprint density at radius 1 is 0.609 bits per heavy atom. The molecule has 0 aliphatic heterocycles. The van der Waals surface area contributed by atoms with Gasteiger partial charge in [0, 0.05) is 51.2 Å². The minimum Gasteiger partial charge on any atom is -0.313 e. The maximum absolute atomic E-state index is 5.00. The van der Waals surface area contributed by atoms with Crippen molar-refractivity contribution in [3.63, 3.8) is 0 Å². The molecule has 64 heavy (non-hydrogen) atoms. The molecule has 5 aromatic rings. The first-order valence-corrected chi connectivity index (χ1v) is 24.5. The van der Waals surface area contributed by atoms with Crippen LogP contribution in [0.15, 0.2) is 162 Å². The molecule has 0 N–H and O–H groups in total. The van der Waals surface area contributed by atoms with Gasteiger partial charge in [0.05, 0.1) is 0 Å². The smallest absolute Gasteiger partial charge is 0.0494 e. The molecule has 1 heteroatoms. The molecule has 0 amide bonds. The molecule has 8 aliphatic carbocycles. The Hall–Kier alpha value is -6.18. The highest BCUT2D eigenvalue weighted by Crippen LogP contribution is 2.54. The van der Waals surface area contributed by atoms with Crippen molar-refractivity contribution in [2.45, 2.75) is 89.4 Å². The van der Waals surface area contributed by atoms with Crippen molar-refractivity contribution in [3.05, 3.63) is 212 Å². The van der Waals surface area contributed by atoms with E-state index >= 15 is 0 Å². The van der Waals surface area contributed by atoms with Crippen molar-refractivity contribution >= 4 is 29.4 Å². The van der Waals surface area contributed by atoms with E-state index in [0.29, 0.717) is 29.6 Å². The standard InChI is InChI=1S/C63H57N/c1-39-15-3-4-16-45(39)58-36-42(28-31-46(58)40(2)41-27-32-55-51-21-7-5-17-47(51)49-19-9-11-23-53(49)59(55)35-41)43-29-34-63-61(37-43)57-25-13-14-26-62(57)64(63)44-30-33-56-52-22-8-6-18-48(52)50-20-10-12-24-54(50)60(56)38-44/h3-8,10,12,15-18,20-22,24-26,28,30-31,33,36-38,41,47-48,51-52H,2,9,11,13-14,19,23,27,29,32,34-35H2,1H3. The fourth-order valence-corrected chi connectivity index (χ4v) is 13.6. The van der Waals surface area contributed by atoms with Crippen LogP contribution in [0.4, 0.5) is 0 Å². The van der Waals surface area contributed by atoms with E-state index < -0.39 is 0 Å². The molecule has 8 aliphatic rings. The predicted molar refractivity (Wildman–Crippen MR) is 269 cm³/mol. The van der Waals surface area contributed by atoms with Gasteiger partial charge in [-0.3, -0.25) is 0 Å². The summed E-state index contributed by atoms with van der Waals surface area (Å²) in [5.74, 6) is 2.37. The minimum atomic E-state index is 0.377. The van der Waals surface area contributed by atoms with Gasteiger partial charge in [-0.2, -0.15) is 0 Å². The fourth-order valence-electron chi connectivity index (χ4n) is 13.6. The second-order valence-corrected chi connectivity index (χ2v) is 19.9. The Morgan fingerprint density at radius 3 is 2.16 bits per heavy atom. The highest BCUT2D eigenvalue weighted by atomic mass is 15.0.